The van der Waals surface area contributed by atoms with E-state index in [-0.39, 0.29) is 5.91 Å². The summed E-state index contributed by atoms with van der Waals surface area (Å²) in [6.45, 7) is 0.675. The molecule has 0 radical (unpaired) electrons. The summed E-state index contributed by atoms with van der Waals surface area (Å²) in [6.07, 6.45) is 1.67. The first-order valence-corrected chi connectivity index (χ1v) is 11.4. The second kappa shape index (κ2) is 10.1. The molecular formula is C30H25N3O2. The Morgan fingerprint density at radius 3 is 2.60 bits per heavy atom. The standard InChI is InChI=1S/C30H25N3O2/c1-35-24-11-6-8-21(18-24)20-32-23-10-7-9-22(19-23)25-12-2-5-15-29(25)33-30(34)27-16-17-31-28-14-4-3-13-26(27)28/h2-19,32H,20H2,1H3,(H,33,34). The third-order valence-electron chi connectivity index (χ3n) is 5.87. The molecule has 0 aliphatic rings. The fourth-order valence-corrected chi connectivity index (χ4v) is 4.11. The Labute approximate surface area is 204 Å². The molecule has 5 aromatic rings. The summed E-state index contributed by atoms with van der Waals surface area (Å²) in [5.41, 5.74) is 6.23. The van der Waals surface area contributed by atoms with Gasteiger partial charge in [-0.1, -0.05) is 60.7 Å². The monoisotopic (exact) mass is 459 g/mol. The molecule has 1 amide bonds. The minimum Gasteiger partial charge on any atom is -0.497 e. The topological polar surface area (TPSA) is 63.2 Å². The first-order valence-electron chi connectivity index (χ1n) is 11.4. The van der Waals surface area contributed by atoms with Crippen LogP contribution >= 0.6 is 0 Å². The van der Waals surface area contributed by atoms with E-state index in [0.29, 0.717) is 12.1 Å². The lowest BCUT2D eigenvalue weighted by atomic mass is 10.0. The fourth-order valence-electron chi connectivity index (χ4n) is 4.11. The average Bonchev–Trinajstić information content (AvgIpc) is 2.92. The molecule has 5 nitrogen and oxygen atoms in total. The zero-order valence-corrected chi connectivity index (χ0v) is 19.4. The van der Waals surface area contributed by atoms with Crippen LogP contribution in [-0.2, 0) is 6.54 Å². The number of nitrogens with one attached hydrogen (secondary N) is 2. The molecule has 5 rings (SSSR count). The van der Waals surface area contributed by atoms with Crippen molar-refractivity contribution in [1.29, 1.82) is 0 Å². The molecule has 0 spiro atoms. The predicted octanol–water partition coefficient (Wildman–Crippen LogP) is 6.77. The second-order valence-corrected chi connectivity index (χ2v) is 8.16. The van der Waals surface area contributed by atoms with Gasteiger partial charge in [-0.25, -0.2) is 0 Å². The van der Waals surface area contributed by atoms with Crippen molar-refractivity contribution in [2.45, 2.75) is 6.54 Å². The van der Waals surface area contributed by atoms with Gasteiger partial charge in [-0.05, 0) is 53.6 Å². The number of carbonyl (C=O) groups is 1. The molecule has 0 saturated carbocycles. The van der Waals surface area contributed by atoms with Crippen LogP contribution in [0.4, 0.5) is 11.4 Å². The molecule has 0 atom stereocenters. The number of rotatable bonds is 7. The van der Waals surface area contributed by atoms with Gasteiger partial charge in [0.2, 0.25) is 0 Å². The number of anilines is 2. The molecule has 35 heavy (non-hydrogen) atoms. The quantitative estimate of drug-likeness (QED) is 0.282. The first kappa shape index (κ1) is 22.2. The summed E-state index contributed by atoms with van der Waals surface area (Å²) < 4.78 is 5.32. The second-order valence-electron chi connectivity index (χ2n) is 8.16. The summed E-state index contributed by atoms with van der Waals surface area (Å²) in [5, 5.41) is 7.41. The molecule has 2 N–H and O–H groups in total. The van der Waals surface area contributed by atoms with Crippen molar-refractivity contribution in [3.8, 4) is 16.9 Å². The number of ether oxygens (including phenoxy) is 1. The van der Waals surface area contributed by atoms with Gasteiger partial charge in [-0.2, -0.15) is 0 Å². The Hall–Kier alpha value is -4.64. The number of carbonyl (C=O) groups excluding carboxylic acids is 1. The van der Waals surface area contributed by atoms with Gasteiger partial charge < -0.3 is 15.4 Å². The van der Waals surface area contributed by atoms with E-state index in [0.717, 1.165) is 44.7 Å². The average molecular weight is 460 g/mol. The molecule has 0 bridgehead atoms. The Bertz CT molecular complexity index is 1490. The number of fused-ring (bicyclic) bond motifs is 1. The lowest BCUT2D eigenvalue weighted by molar-refractivity contribution is 0.102. The summed E-state index contributed by atoms with van der Waals surface area (Å²) in [6, 6.07) is 33.4. The smallest absolute Gasteiger partial charge is 0.256 e. The van der Waals surface area contributed by atoms with Crippen LogP contribution in [-0.4, -0.2) is 18.0 Å². The van der Waals surface area contributed by atoms with Crippen molar-refractivity contribution >= 4 is 28.2 Å². The van der Waals surface area contributed by atoms with Gasteiger partial charge in [-0.3, -0.25) is 9.78 Å². The Morgan fingerprint density at radius 1 is 0.857 bits per heavy atom. The molecule has 0 aliphatic heterocycles. The maximum Gasteiger partial charge on any atom is 0.256 e. The first-order chi connectivity index (χ1) is 17.2. The highest BCUT2D eigenvalue weighted by atomic mass is 16.5. The molecule has 1 aromatic heterocycles. The lowest BCUT2D eigenvalue weighted by Gasteiger charge is -2.14. The normalized spacial score (nSPS) is 10.7. The number of para-hydroxylation sites is 2. The van der Waals surface area contributed by atoms with Gasteiger partial charge in [0.25, 0.3) is 5.91 Å². The number of nitrogens with zero attached hydrogens (tertiary/aromatic N) is 1. The molecule has 1 heterocycles. The summed E-state index contributed by atoms with van der Waals surface area (Å²) in [7, 11) is 1.67. The summed E-state index contributed by atoms with van der Waals surface area (Å²) in [4.78, 5) is 17.6. The van der Waals surface area contributed by atoms with E-state index < -0.39 is 0 Å². The third kappa shape index (κ3) is 4.99. The molecule has 5 heteroatoms. The predicted molar refractivity (Wildman–Crippen MR) is 142 cm³/mol. The molecule has 0 fully saturated rings. The zero-order chi connectivity index (χ0) is 24.0. The minimum absolute atomic E-state index is 0.164. The van der Waals surface area contributed by atoms with Crippen molar-refractivity contribution in [2.75, 3.05) is 17.7 Å². The molecule has 0 saturated heterocycles. The van der Waals surface area contributed by atoms with Crippen molar-refractivity contribution in [3.63, 3.8) is 0 Å². The van der Waals surface area contributed by atoms with Crippen LogP contribution in [0.3, 0.4) is 0 Å². The molecule has 172 valence electrons. The maximum atomic E-state index is 13.2. The highest BCUT2D eigenvalue weighted by Crippen LogP contribution is 2.30. The van der Waals surface area contributed by atoms with Crippen LogP contribution in [0, 0.1) is 0 Å². The Morgan fingerprint density at radius 2 is 1.69 bits per heavy atom. The largest absolute Gasteiger partial charge is 0.497 e. The number of methoxy groups -OCH3 is 1. The van der Waals surface area contributed by atoms with E-state index in [1.165, 1.54) is 0 Å². The van der Waals surface area contributed by atoms with Crippen LogP contribution in [0.15, 0.2) is 109 Å². The minimum atomic E-state index is -0.164. The number of aromatic nitrogens is 1. The zero-order valence-electron chi connectivity index (χ0n) is 19.4. The summed E-state index contributed by atoms with van der Waals surface area (Å²) >= 11 is 0. The van der Waals surface area contributed by atoms with Gasteiger partial charge in [-0.15, -0.1) is 0 Å². The fraction of sp³-hybridized carbons (Fsp3) is 0.0667. The highest BCUT2D eigenvalue weighted by molar-refractivity contribution is 6.13. The van der Waals surface area contributed by atoms with E-state index >= 15 is 0 Å². The van der Waals surface area contributed by atoms with Gasteiger partial charge in [0.05, 0.1) is 18.2 Å². The van der Waals surface area contributed by atoms with E-state index in [1.54, 1.807) is 19.4 Å². The van der Waals surface area contributed by atoms with Gasteiger partial charge in [0.15, 0.2) is 0 Å². The number of hydrogen-bond acceptors (Lipinski definition) is 4. The number of benzene rings is 4. The summed E-state index contributed by atoms with van der Waals surface area (Å²) in [5.74, 6) is 0.674. The van der Waals surface area contributed by atoms with Crippen molar-refractivity contribution in [3.05, 3.63) is 120 Å². The van der Waals surface area contributed by atoms with Gasteiger partial charge in [0.1, 0.15) is 5.75 Å². The van der Waals surface area contributed by atoms with Crippen LogP contribution < -0.4 is 15.4 Å². The van der Waals surface area contributed by atoms with Crippen LogP contribution in [0.5, 0.6) is 5.75 Å². The molecular weight excluding hydrogens is 434 g/mol. The highest BCUT2D eigenvalue weighted by Gasteiger charge is 2.13. The Kier molecular flexibility index (Phi) is 6.39. The number of amides is 1. The van der Waals surface area contributed by atoms with Crippen molar-refractivity contribution < 1.29 is 9.53 Å². The van der Waals surface area contributed by atoms with E-state index in [9.17, 15) is 4.79 Å². The van der Waals surface area contributed by atoms with Gasteiger partial charge >= 0.3 is 0 Å². The maximum absolute atomic E-state index is 13.2. The molecule has 0 aliphatic carbocycles. The van der Waals surface area contributed by atoms with Crippen LogP contribution in [0.25, 0.3) is 22.0 Å². The van der Waals surface area contributed by atoms with E-state index in [2.05, 4.69) is 27.8 Å². The van der Waals surface area contributed by atoms with Gasteiger partial charge in [0, 0.05) is 35.1 Å². The number of pyridine rings is 1. The van der Waals surface area contributed by atoms with E-state index in [4.69, 9.17) is 4.74 Å². The Balaban J connectivity index is 1.38. The third-order valence-corrected chi connectivity index (χ3v) is 5.87. The lowest BCUT2D eigenvalue weighted by Crippen LogP contribution is -2.13. The van der Waals surface area contributed by atoms with E-state index in [1.807, 2.05) is 84.9 Å². The molecule has 0 unspecified atom stereocenters. The van der Waals surface area contributed by atoms with Crippen molar-refractivity contribution in [2.24, 2.45) is 0 Å². The van der Waals surface area contributed by atoms with Crippen LogP contribution in [0.1, 0.15) is 15.9 Å². The van der Waals surface area contributed by atoms with Crippen LogP contribution in [0.2, 0.25) is 0 Å². The molecule has 4 aromatic carbocycles. The van der Waals surface area contributed by atoms with Crippen molar-refractivity contribution in [1.82, 2.24) is 4.98 Å². The number of hydrogen-bond donors (Lipinski definition) is 2. The SMILES string of the molecule is COc1cccc(CNc2cccc(-c3ccccc3NC(=O)c3ccnc4ccccc34)c2)c1.